The van der Waals surface area contributed by atoms with Gasteiger partial charge in [0.15, 0.2) is 11.9 Å². The number of Topliss-reactive ketones (excluding diaryl/α,β-unsaturated/α-hetero) is 1. The minimum atomic E-state index is -1.96. The van der Waals surface area contributed by atoms with Gasteiger partial charge in [0, 0.05) is 54.2 Å². The number of hydrogen-bond acceptors (Lipinski definition) is 11. The molecule has 2 aliphatic carbocycles. The van der Waals surface area contributed by atoms with E-state index in [0.29, 0.717) is 6.42 Å². The number of fused-ring (bicyclic) bond motifs is 2. The van der Waals surface area contributed by atoms with Gasteiger partial charge in [0.1, 0.15) is 24.1 Å². The summed E-state index contributed by atoms with van der Waals surface area (Å²) in [6, 6.07) is 27.6. The van der Waals surface area contributed by atoms with Gasteiger partial charge in [-0.15, -0.1) is 0 Å². The smallest absolute Gasteiger partial charge is 0.331 e. The maximum atomic E-state index is 14.6. The molecular formula is C47H50O11. The molecule has 2 saturated heterocycles. The van der Waals surface area contributed by atoms with E-state index in [1.165, 1.54) is 18.2 Å². The lowest BCUT2D eigenvalue weighted by Crippen LogP contribution is -2.76. The van der Waals surface area contributed by atoms with Crippen molar-refractivity contribution in [3.05, 3.63) is 126 Å². The van der Waals surface area contributed by atoms with Gasteiger partial charge in [0.25, 0.3) is 0 Å². The zero-order valence-electron chi connectivity index (χ0n) is 32.9. The van der Waals surface area contributed by atoms with Crippen LogP contribution in [0, 0.1) is 22.7 Å². The molecule has 0 bridgehead atoms. The summed E-state index contributed by atoms with van der Waals surface area (Å²) < 4.78 is 30.6. The molecule has 2 heterocycles. The van der Waals surface area contributed by atoms with Gasteiger partial charge in [0.05, 0.1) is 18.8 Å². The molecule has 4 fully saturated rings. The third-order valence-electron chi connectivity index (χ3n) is 13.1. The van der Waals surface area contributed by atoms with Crippen molar-refractivity contribution in [2.75, 3.05) is 13.2 Å². The van der Waals surface area contributed by atoms with Crippen molar-refractivity contribution in [1.29, 1.82) is 0 Å². The Hall–Kier alpha value is -5.20. The number of hydrogen-bond donors (Lipinski definition) is 2. The highest BCUT2D eigenvalue weighted by atomic mass is 16.7. The van der Waals surface area contributed by atoms with Crippen molar-refractivity contribution in [1.82, 2.24) is 0 Å². The minimum absolute atomic E-state index is 0.0851. The summed E-state index contributed by atoms with van der Waals surface area (Å²) in [5.74, 6) is -4.20. The average molecular weight is 791 g/mol. The molecule has 7 rings (SSSR count). The Kier molecular flexibility index (Phi) is 11.7. The Morgan fingerprint density at radius 2 is 1.33 bits per heavy atom. The third-order valence-corrected chi connectivity index (χ3v) is 13.1. The number of esters is 3. The summed E-state index contributed by atoms with van der Waals surface area (Å²) in [5.41, 5.74) is -3.78. The molecule has 0 spiro atoms. The number of benzene rings is 3. The topological polar surface area (TPSA) is 155 Å². The molecule has 2 N–H and O–H groups in total. The largest absolute Gasteiger partial charge is 0.459 e. The van der Waals surface area contributed by atoms with E-state index >= 15 is 0 Å². The van der Waals surface area contributed by atoms with Crippen LogP contribution in [0.1, 0.15) is 63.1 Å². The Labute approximate surface area is 338 Å². The van der Waals surface area contributed by atoms with E-state index in [0.717, 1.165) is 16.7 Å². The molecule has 4 aliphatic rings. The van der Waals surface area contributed by atoms with Crippen LogP contribution < -0.4 is 0 Å². The molecule has 3 aromatic rings. The number of carbonyl (C=O) groups excluding carboxylic acids is 4. The number of ketones is 1. The van der Waals surface area contributed by atoms with E-state index in [9.17, 15) is 29.4 Å². The van der Waals surface area contributed by atoms with Gasteiger partial charge in [0.2, 0.25) is 0 Å². The van der Waals surface area contributed by atoms with E-state index in [-0.39, 0.29) is 31.7 Å². The van der Waals surface area contributed by atoms with Crippen molar-refractivity contribution in [2.45, 2.75) is 82.3 Å². The summed E-state index contributed by atoms with van der Waals surface area (Å²) in [5, 5.41) is 25.2. The normalized spacial score (nSPS) is 34.5. The van der Waals surface area contributed by atoms with E-state index in [1.807, 2.05) is 97.9 Å². The molecular weight excluding hydrogens is 741 g/mol. The Morgan fingerprint density at radius 1 is 0.793 bits per heavy atom. The summed E-state index contributed by atoms with van der Waals surface area (Å²) in [6.07, 6.45) is 4.29. The van der Waals surface area contributed by atoms with Gasteiger partial charge in [-0.2, -0.15) is 0 Å². The van der Waals surface area contributed by atoms with Gasteiger partial charge in [-0.05, 0) is 47.3 Å². The molecule has 0 radical (unpaired) electrons. The lowest BCUT2D eigenvalue weighted by Gasteiger charge is -2.66. The Bertz CT molecular complexity index is 2070. The highest BCUT2D eigenvalue weighted by Crippen LogP contribution is 2.66. The first kappa shape index (κ1) is 41.0. The predicted molar refractivity (Wildman–Crippen MR) is 214 cm³/mol. The quantitative estimate of drug-likeness (QED) is 0.131. The van der Waals surface area contributed by atoms with Crippen LogP contribution in [-0.4, -0.2) is 82.9 Å². The Morgan fingerprint density at radius 3 is 1.90 bits per heavy atom. The first-order valence-electron chi connectivity index (χ1n) is 19.8. The van der Waals surface area contributed by atoms with E-state index in [4.69, 9.17) is 23.7 Å². The van der Waals surface area contributed by atoms with Gasteiger partial charge in [-0.3, -0.25) is 4.79 Å². The van der Waals surface area contributed by atoms with Crippen molar-refractivity contribution >= 4 is 41.9 Å². The van der Waals surface area contributed by atoms with Gasteiger partial charge in [-0.25, -0.2) is 14.4 Å². The standard InChI is InChI=1S/C47H50O11/c1-31-40(52)42(57-38(50)23-20-33-15-9-5-10-16-33)45(3)41(35(48)25-26-47(45,53)30-55-37(49)22-19-32-13-7-4-8-14-32)44(31,2)36-29-46(27-28-54-43(46)56-36)58-39(51)24-21-34-17-11-6-12-18-34/h4-24,31,36,40-43,52-53H,25-30H2,1-3H3/b22-19+,23-20+,24-21+/t31-,36+,40-,41-,42+,43+,44-,45+,46+,47+/m1/s1. The summed E-state index contributed by atoms with van der Waals surface area (Å²) in [6.45, 7) is 4.93. The van der Waals surface area contributed by atoms with Gasteiger partial charge in [-0.1, -0.05) is 112 Å². The molecule has 10 atom stereocenters. The van der Waals surface area contributed by atoms with Crippen LogP contribution in [0.5, 0.6) is 0 Å². The fraction of sp³-hybridized carbons (Fsp3) is 0.404. The number of ether oxygens (including phenoxy) is 5. The van der Waals surface area contributed by atoms with Crippen LogP contribution in [0.15, 0.2) is 109 Å². The highest BCUT2D eigenvalue weighted by Gasteiger charge is 2.75. The summed E-state index contributed by atoms with van der Waals surface area (Å²) >= 11 is 0. The molecule has 58 heavy (non-hydrogen) atoms. The molecule has 2 aliphatic heterocycles. The van der Waals surface area contributed by atoms with Crippen LogP contribution in [0.4, 0.5) is 0 Å². The van der Waals surface area contributed by atoms with E-state index in [2.05, 4.69) is 0 Å². The first-order chi connectivity index (χ1) is 27.8. The van der Waals surface area contributed by atoms with Crippen molar-refractivity contribution in [3.8, 4) is 0 Å². The van der Waals surface area contributed by atoms with Crippen LogP contribution in [0.3, 0.4) is 0 Å². The minimum Gasteiger partial charge on any atom is -0.459 e. The molecule has 0 aromatic heterocycles. The van der Waals surface area contributed by atoms with Crippen LogP contribution in [-0.2, 0) is 42.9 Å². The first-order valence-corrected chi connectivity index (χ1v) is 19.8. The second-order valence-electron chi connectivity index (χ2n) is 16.3. The van der Waals surface area contributed by atoms with Crippen LogP contribution in [0.2, 0.25) is 0 Å². The monoisotopic (exact) mass is 790 g/mol. The van der Waals surface area contributed by atoms with Gasteiger partial charge >= 0.3 is 17.9 Å². The fourth-order valence-corrected chi connectivity index (χ4v) is 9.73. The van der Waals surface area contributed by atoms with Crippen LogP contribution in [0.25, 0.3) is 18.2 Å². The van der Waals surface area contributed by atoms with Gasteiger partial charge < -0.3 is 33.9 Å². The molecule has 11 heteroatoms. The predicted octanol–water partition coefficient (Wildman–Crippen LogP) is 6.13. The van der Waals surface area contributed by atoms with Crippen molar-refractivity contribution in [3.63, 3.8) is 0 Å². The Balaban J connectivity index is 1.21. The van der Waals surface area contributed by atoms with Crippen molar-refractivity contribution < 1.29 is 53.1 Å². The number of carbonyl (C=O) groups is 4. The zero-order valence-corrected chi connectivity index (χ0v) is 32.9. The summed E-state index contributed by atoms with van der Waals surface area (Å²) in [4.78, 5) is 54.6. The SMILES string of the molecule is C[C@@H]1[C@@H](O)[C@H](OC(=O)/C=C/c2ccccc2)[C@]2(C)[C@H](C(=O)CC[C@]2(O)COC(=O)/C=C/c2ccccc2)[C@@]1(C)[C@@H]1C[C@@]2(OC(=O)/C=C/c3ccccc3)CCO[C@H]2O1. The number of aliphatic hydroxyl groups is 2. The van der Waals surface area contributed by atoms with E-state index < -0.39 is 83.0 Å². The maximum absolute atomic E-state index is 14.6. The molecule has 3 aromatic carbocycles. The molecule has 304 valence electrons. The van der Waals surface area contributed by atoms with E-state index in [1.54, 1.807) is 32.1 Å². The molecule has 2 saturated carbocycles. The second-order valence-corrected chi connectivity index (χ2v) is 16.3. The molecule has 11 nitrogen and oxygen atoms in total. The average Bonchev–Trinajstić information content (AvgIpc) is 3.79. The third kappa shape index (κ3) is 7.71. The summed E-state index contributed by atoms with van der Waals surface area (Å²) in [7, 11) is 0. The number of aliphatic hydroxyl groups excluding tert-OH is 1. The lowest BCUT2D eigenvalue weighted by molar-refractivity contribution is -0.296. The van der Waals surface area contributed by atoms with Crippen molar-refractivity contribution in [2.24, 2.45) is 22.7 Å². The number of rotatable bonds is 11. The fourth-order valence-electron chi connectivity index (χ4n) is 9.73. The highest BCUT2D eigenvalue weighted by molar-refractivity contribution is 5.89. The molecule has 0 amide bonds. The lowest BCUT2D eigenvalue weighted by atomic mass is 9.41. The zero-order chi connectivity index (χ0) is 41.1. The maximum Gasteiger partial charge on any atom is 0.331 e. The van der Waals surface area contributed by atoms with Crippen LogP contribution >= 0.6 is 0 Å². The molecule has 0 unspecified atom stereocenters. The second kappa shape index (κ2) is 16.6.